The van der Waals surface area contributed by atoms with Crippen LogP contribution >= 0.6 is 11.6 Å². The third kappa shape index (κ3) is 2.31. The van der Waals surface area contributed by atoms with E-state index in [2.05, 4.69) is 15.3 Å². The number of hydrogen-bond donors (Lipinski definition) is 3. The Balaban J connectivity index is 1.92. The normalized spacial score (nSPS) is 13.4. The quantitative estimate of drug-likeness (QED) is 0.714. The Morgan fingerprint density at radius 1 is 1.50 bits per heavy atom. The fourth-order valence-electron chi connectivity index (χ4n) is 2.04. The van der Waals surface area contributed by atoms with Gasteiger partial charge in [0.05, 0.1) is 6.61 Å². The van der Waals surface area contributed by atoms with Gasteiger partial charge in [0.25, 0.3) is 0 Å². The minimum Gasteiger partial charge on any atom is -0.423 e. The van der Waals surface area contributed by atoms with Gasteiger partial charge >= 0.3 is 7.12 Å². The Morgan fingerprint density at radius 2 is 2.30 bits per heavy atom. The highest BCUT2D eigenvalue weighted by atomic mass is 35.5. The van der Waals surface area contributed by atoms with Gasteiger partial charge in [0.15, 0.2) is 0 Å². The van der Waals surface area contributed by atoms with Crippen LogP contribution in [0.25, 0.3) is 0 Å². The molecule has 0 radical (unpaired) electrons. The lowest BCUT2D eigenvalue weighted by molar-refractivity contribution is 0.275. The first-order valence-electron chi connectivity index (χ1n) is 6.02. The van der Waals surface area contributed by atoms with Crippen molar-refractivity contribution >= 4 is 41.6 Å². The molecule has 2 aromatic rings. The summed E-state index contributed by atoms with van der Waals surface area (Å²) in [6.45, 7) is 2.16. The Kier molecular flexibility index (Phi) is 3.25. The van der Waals surface area contributed by atoms with Gasteiger partial charge in [-0.1, -0.05) is 11.6 Å². The lowest BCUT2D eigenvalue weighted by Gasteiger charge is -2.09. The molecule has 1 aliphatic heterocycles. The van der Waals surface area contributed by atoms with E-state index in [4.69, 9.17) is 22.0 Å². The zero-order valence-electron chi connectivity index (χ0n) is 10.7. The average Bonchev–Trinajstić information content (AvgIpc) is 2.76. The second kappa shape index (κ2) is 4.94. The average molecular weight is 291 g/mol. The number of nitrogens with zero attached hydrogens (tertiary/aromatic N) is 2. The summed E-state index contributed by atoms with van der Waals surface area (Å²) in [6.07, 6.45) is 1.65. The van der Waals surface area contributed by atoms with E-state index in [-0.39, 0.29) is 0 Å². The Hall–Kier alpha value is -1.83. The molecule has 6 nitrogen and oxygen atoms in total. The largest absolute Gasteiger partial charge is 0.493 e. The zero-order valence-corrected chi connectivity index (χ0v) is 11.5. The number of anilines is 3. The van der Waals surface area contributed by atoms with Crippen molar-refractivity contribution in [3.05, 3.63) is 34.5 Å². The molecule has 1 aromatic heterocycles. The fourth-order valence-corrected chi connectivity index (χ4v) is 2.37. The molecule has 0 saturated carbocycles. The van der Waals surface area contributed by atoms with E-state index < -0.39 is 7.12 Å². The third-order valence-corrected chi connectivity index (χ3v) is 3.44. The van der Waals surface area contributed by atoms with Crippen molar-refractivity contribution in [2.24, 2.45) is 0 Å². The van der Waals surface area contributed by atoms with E-state index in [1.54, 1.807) is 12.3 Å². The van der Waals surface area contributed by atoms with Gasteiger partial charge in [-0.2, -0.15) is 4.98 Å². The molecule has 20 heavy (non-hydrogen) atoms. The minimum atomic E-state index is -0.960. The second-order valence-electron chi connectivity index (χ2n) is 4.58. The lowest BCUT2D eigenvalue weighted by Crippen LogP contribution is -2.29. The number of aromatic nitrogens is 2. The summed E-state index contributed by atoms with van der Waals surface area (Å²) < 4.78 is 5.14. The number of fused-ring (bicyclic) bond motifs is 1. The number of nitrogens with two attached hydrogens (primary N) is 1. The minimum absolute atomic E-state index is 0.322. The molecule has 0 saturated heterocycles. The topological polar surface area (TPSA) is 93.3 Å². The molecule has 102 valence electrons. The molecule has 0 atom stereocenters. The summed E-state index contributed by atoms with van der Waals surface area (Å²) >= 11 is 6.15. The third-order valence-electron chi connectivity index (χ3n) is 3.13. The number of benzene rings is 1. The van der Waals surface area contributed by atoms with Gasteiger partial charge in [-0.05, 0) is 24.6 Å². The molecule has 3 rings (SSSR count). The summed E-state index contributed by atoms with van der Waals surface area (Å²) in [5.41, 5.74) is 8.73. The van der Waals surface area contributed by atoms with E-state index in [0.29, 0.717) is 28.9 Å². The van der Waals surface area contributed by atoms with E-state index in [1.165, 1.54) is 0 Å². The molecule has 0 unspecified atom stereocenters. The van der Waals surface area contributed by atoms with Gasteiger partial charge in [0.2, 0.25) is 5.95 Å². The van der Waals surface area contributed by atoms with Crippen LogP contribution in [0.2, 0.25) is 5.02 Å². The summed E-state index contributed by atoms with van der Waals surface area (Å²) in [6, 6.07) is 3.54. The first-order chi connectivity index (χ1) is 9.54. The van der Waals surface area contributed by atoms with Crippen molar-refractivity contribution < 1.29 is 9.68 Å². The molecular formula is C12H12BClN4O2. The summed E-state index contributed by atoms with van der Waals surface area (Å²) in [4.78, 5) is 8.28. The number of halogens is 1. The van der Waals surface area contributed by atoms with Crippen molar-refractivity contribution in [3.63, 3.8) is 0 Å². The first kappa shape index (κ1) is 13.2. The SMILES string of the molecule is Cc1cnc(Nc2cc(Cl)c3c(c2)COB3O)nc1N. The molecule has 0 spiro atoms. The highest BCUT2D eigenvalue weighted by Crippen LogP contribution is 2.24. The Bertz CT molecular complexity index is 683. The molecule has 1 aliphatic rings. The molecule has 0 fully saturated rings. The van der Waals surface area contributed by atoms with Crippen LogP contribution in [0.1, 0.15) is 11.1 Å². The molecule has 1 aromatic carbocycles. The highest BCUT2D eigenvalue weighted by molar-refractivity contribution is 6.65. The predicted molar refractivity (Wildman–Crippen MR) is 78.3 cm³/mol. The lowest BCUT2D eigenvalue weighted by atomic mass is 9.79. The van der Waals surface area contributed by atoms with Crippen LogP contribution in [0.3, 0.4) is 0 Å². The van der Waals surface area contributed by atoms with Crippen molar-refractivity contribution in [1.82, 2.24) is 9.97 Å². The molecule has 0 aliphatic carbocycles. The number of rotatable bonds is 2. The van der Waals surface area contributed by atoms with Gasteiger partial charge in [-0.3, -0.25) is 0 Å². The first-order valence-corrected chi connectivity index (χ1v) is 6.40. The van der Waals surface area contributed by atoms with E-state index in [9.17, 15) is 5.02 Å². The van der Waals surface area contributed by atoms with E-state index in [0.717, 1.165) is 16.8 Å². The monoisotopic (exact) mass is 290 g/mol. The van der Waals surface area contributed by atoms with Crippen LogP contribution in [0.4, 0.5) is 17.5 Å². The van der Waals surface area contributed by atoms with Crippen LogP contribution in [-0.2, 0) is 11.3 Å². The van der Waals surface area contributed by atoms with Gasteiger partial charge < -0.3 is 20.7 Å². The number of nitrogens with one attached hydrogen (secondary N) is 1. The fraction of sp³-hybridized carbons (Fsp3) is 0.167. The van der Waals surface area contributed by atoms with Crippen molar-refractivity contribution in [3.8, 4) is 0 Å². The van der Waals surface area contributed by atoms with Crippen LogP contribution in [0.5, 0.6) is 0 Å². The van der Waals surface area contributed by atoms with Crippen LogP contribution in [-0.4, -0.2) is 22.1 Å². The van der Waals surface area contributed by atoms with Crippen molar-refractivity contribution in [2.45, 2.75) is 13.5 Å². The van der Waals surface area contributed by atoms with Gasteiger partial charge in [-0.15, -0.1) is 0 Å². The summed E-state index contributed by atoms with van der Waals surface area (Å²) in [5.74, 6) is 0.817. The van der Waals surface area contributed by atoms with Crippen molar-refractivity contribution in [1.29, 1.82) is 0 Å². The maximum Gasteiger partial charge on any atom is 0.493 e. The number of aryl methyl sites for hydroxylation is 1. The standard InChI is InChI=1S/C12H12BClN4O2/c1-6-4-16-12(18-11(6)15)17-8-2-7-5-20-13(19)10(7)9(14)3-8/h2-4,19H,5H2,1H3,(H3,15,16,17,18). The Labute approximate surface area is 121 Å². The van der Waals surface area contributed by atoms with Crippen LogP contribution in [0.15, 0.2) is 18.3 Å². The molecule has 0 bridgehead atoms. The predicted octanol–water partition coefficient (Wildman–Crippen LogP) is 0.982. The summed E-state index contributed by atoms with van der Waals surface area (Å²) in [5, 5.41) is 13.1. The maximum absolute atomic E-state index is 9.64. The molecular weight excluding hydrogens is 278 g/mol. The molecule has 8 heteroatoms. The zero-order chi connectivity index (χ0) is 14.3. The summed E-state index contributed by atoms with van der Waals surface area (Å²) in [7, 11) is -0.960. The molecule has 4 N–H and O–H groups in total. The van der Waals surface area contributed by atoms with Gasteiger partial charge in [-0.25, -0.2) is 4.98 Å². The van der Waals surface area contributed by atoms with E-state index >= 15 is 0 Å². The van der Waals surface area contributed by atoms with E-state index in [1.807, 2.05) is 13.0 Å². The van der Waals surface area contributed by atoms with Gasteiger partial charge in [0.1, 0.15) is 5.82 Å². The number of hydrogen-bond acceptors (Lipinski definition) is 6. The molecule has 0 amide bonds. The molecule has 2 heterocycles. The van der Waals surface area contributed by atoms with Gasteiger partial charge in [0, 0.05) is 27.9 Å². The van der Waals surface area contributed by atoms with Crippen LogP contribution in [0, 0.1) is 6.92 Å². The van der Waals surface area contributed by atoms with Crippen LogP contribution < -0.4 is 16.5 Å². The van der Waals surface area contributed by atoms with Crippen molar-refractivity contribution in [2.75, 3.05) is 11.1 Å². The Morgan fingerprint density at radius 3 is 3.05 bits per heavy atom. The highest BCUT2D eigenvalue weighted by Gasteiger charge is 2.30. The maximum atomic E-state index is 9.64. The smallest absolute Gasteiger partial charge is 0.423 e. The second-order valence-corrected chi connectivity index (χ2v) is 4.99. The number of nitrogen functional groups attached to an aromatic ring is 1.